The summed E-state index contributed by atoms with van der Waals surface area (Å²) in [5, 5.41) is 2.59. The molecule has 0 aromatic heterocycles. The van der Waals surface area contributed by atoms with E-state index in [1.807, 2.05) is 37.3 Å². The van der Waals surface area contributed by atoms with Crippen LogP contribution in [-0.4, -0.2) is 32.1 Å². The third kappa shape index (κ3) is 6.16. The van der Waals surface area contributed by atoms with Crippen LogP contribution in [0.4, 0.5) is 0 Å². The highest BCUT2D eigenvalue weighted by Gasteiger charge is 2.17. The number of carbonyl (C=O) groups excluding carboxylic acids is 2. The molecular weight excluding hydrogens is 358 g/mol. The second-order valence-electron chi connectivity index (χ2n) is 6.26. The van der Waals surface area contributed by atoms with Gasteiger partial charge in [0.1, 0.15) is 24.1 Å². The molecule has 0 aliphatic rings. The fraction of sp³-hybridized carbons (Fsp3) is 0.273. The molecule has 2 aromatic carbocycles. The minimum atomic E-state index is -0.774. The van der Waals surface area contributed by atoms with Crippen molar-refractivity contribution in [1.82, 2.24) is 5.32 Å². The van der Waals surface area contributed by atoms with Gasteiger partial charge in [-0.25, -0.2) is 4.79 Å². The first-order valence-corrected chi connectivity index (χ1v) is 8.85. The van der Waals surface area contributed by atoms with Gasteiger partial charge in [-0.05, 0) is 49.8 Å². The Hall–Kier alpha value is -3.28. The Balaban J connectivity index is 1.86. The Morgan fingerprint density at radius 1 is 1.07 bits per heavy atom. The number of hydrogen-bond acceptors (Lipinski definition) is 5. The molecule has 0 saturated heterocycles. The number of amides is 1. The van der Waals surface area contributed by atoms with Crippen molar-refractivity contribution in [3.8, 4) is 11.5 Å². The van der Waals surface area contributed by atoms with Gasteiger partial charge in [0.05, 0.1) is 14.2 Å². The molecule has 0 heterocycles. The van der Waals surface area contributed by atoms with Crippen molar-refractivity contribution in [2.24, 2.45) is 0 Å². The number of carbonyl (C=O) groups is 2. The molecular formula is C22H25NO5. The predicted octanol–water partition coefficient (Wildman–Crippen LogP) is 3.27. The molecule has 1 N–H and O–H groups in total. The Morgan fingerprint density at radius 2 is 1.79 bits per heavy atom. The van der Waals surface area contributed by atoms with Gasteiger partial charge in [-0.15, -0.1) is 0 Å². The monoisotopic (exact) mass is 383 g/mol. The van der Waals surface area contributed by atoms with E-state index in [9.17, 15) is 9.59 Å². The quantitative estimate of drug-likeness (QED) is 0.559. The molecule has 2 aromatic rings. The van der Waals surface area contributed by atoms with Gasteiger partial charge in [-0.2, -0.15) is 0 Å². The van der Waals surface area contributed by atoms with E-state index in [1.54, 1.807) is 39.4 Å². The molecule has 0 saturated carbocycles. The predicted molar refractivity (Wildman–Crippen MR) is 107 cm³/mol. The van der Waals surface area contributed by atoms with Gasteiger partial charge in [0.2, 0.25) is 5.91 Å². The van der Waals surface area contributed by atoms with Crippen LogP contribution in [0.25, 0.3) is 6.08 Å². The second kappa shape index (κ2) is 10.2. The normalized spacial score (nSPS) is 11.7. The van der Waals surface area contributed by atoms with Crippen LogP contribution in [0.15, 0.2) is 48.5 Å². The van der Waals surface area contributed by atoms with Gasteiger partial charge < -0.3 is 19.5 Å². The zero-order valence-corrected chi connectivity index (χ0v) is 16.5. The number of methoxy groups -OCH3 is 2. The summed E-state index contributed by atoms with van der Waals surface area (Å²) in [5.41, 5.74) is 2.66. The first-order chi connectivity index (χ1) is 13.4. The average Bonchev–Trinajstić information content (AvgIpc) is 2.70. The molecule has 0 fully saturated rings. The molecule has 6 heteroatoms. The number of hydrogen-bond donors (Lipinski definition) is 1. The van der Waals surface area contributed by atoms with E-state index >= 15 is 0 Å². The number of rotatable bonds is 8. The fourth-order valence-electron chi connectivity index (χ4n) is 2.50. The summed E-state index contributed by atoms with van der Waals surface area (Å²) in [4.78, 5) is 24.2. The lowest BCUT2D eigenvalue weighted by atomic mass is 10.1. The summed E-state index contributed by atoms with van der Waals surface area (Å²) in [5.74, 6) is 0.490. The molecule has 6 nitrogen and oxygen atoms in total. The number of ether oxygens (including phenoxy) is 3. The molecule has 0 unspecified atom stereocenters. The number of aryl methyl sites for hydroxylation is 1. The smallest absolute Gasteiger partial charge is 0.328 e. The number of nitrogens with one attached hydrogen (secondary N) is 1. The van der Waals surface area contributed by atoms with Crippen molar-refractivity contribution < 1.29 is 23.8 Å². The maximum atomic E-state index is 12.2. The molecule has 0 aliphatic carbocycles. The van der Waals surface area contributed by atoms with E-state index in [0.29, 0.717) is 5.75 Å². The Morgan fingerprint density at radius 3 is 2.43 bits per heavy atom. The zero-order chi connectivity index (χ0) is 20.5. The minimum Gasteiger partial charge on any atom is -0.497 e. The van der Waals surface area contributed by atoms with E-state index in [2.05, 4.69) is 5.32 Å². The van der Waals surface area contributed by atoms with Gasteiger partial charge in [-0.1, -0.05) is 23.8 Å². The molecule has 0 spiro atoms. The molecule has 148 valence electrons. The van der Waals surface area contributed by atoms with Crippen LogP contribution in [-0.2, 0) is 20.9 Å². The molecule has 2 rings (SSSR count). The van der Waals surface area contributed by atoms with Crippen molar-refractivity contribution in [1.29, 1.82) is 0 Å². The maximum absolute atomic E-state index is 12.2. The molecule has 0 radical (unpaired) electrons. The van der Waals surface area contributed by atoms with Crippen LogP contribution in [0.3, 0.4) is 0 Å². The van der Waals surface area contributed by atoms with E-state index in [4.69, 9.17) is 14.2 Å². The molecule has 0 aliphatic heterocycles. The van der Waals surface area contributed by atoms with Crippen molar-refractivity contribution in [2.45, 2.75) is 26.5 Å². The van der Waals surface area contributed by atoms with Crippen LogP contribution in [0.2, 0.25) is 0 Å². The molecule has 0 bridgehead atoms. The van der Waals surface area contributed by atoms with E-state index in [1.165, 1.54) is 6.08 Å². The van der Waals surface area contributed by atoms with Crippen LogP contribution in [0.1, 0.15) is 23.6 Å². The van der Waals surface area contributed by atoms with Crippen LogP contribution in [0.5, 0.6) is 11.5 Å². The van der Waals surface area contributed by atoms with Gasteiger partial charge in [0, 0.05) is 11.6 Å². The van der Waals surface area contributed by atoms with Crippen LogP contribution < -0.4 is 14.8 Å². The third-order valence-corrected chi connectivity index (χ3v) is 4.06. The number of benzene rings is 2. The highest BCUT2D eigenvalue weighted by atomic mass is 16.5. The van der Waals surface area contributed by atoms with Crippen LogP contribution in [0, 0.1) is 6.92 Å². The fourth-order valence-corrected chi connectivity index (χ4v) is 2.50. The summed E-state index contributed by atoms with van der Waals surface area (Å²) in [6, 6.07) is 12.1. The highest BCUT2D eigenvalue weighted by Crippen LogP contribution is 2.20. The summed E-state index contributed by atoms with van der Waals surface area (Å²) in [6.07, 6.45) is 3.03. The summed E-state index contributed by atoms with van der Waals surface area (Å²) in [6.45, 7) is 3.60. The maximum Gasteiger partial charge on any atom is 0.328 e. The minimum absolute atomic E-state index is 0.0750. The lowest BCUT2D eigenvalue weighted by Gasteiger charge is -2.14. The zero-order valence-electron chi connectivity index (χ0n) is 16.5. The lowest BCUT2D eigenvalue weighted by molar-refractivity contribution is -0.148. The second-order valence-corrected chi connectivity index (χ2v) is 6.26. The van der Waals surface area contributed by atoms with Gasteiger partial charge in [0.25, 0.3) is 0 Å². The molecule has 28 heavy (non-hydrogen) atoms. The highest BCUT2D eigenvalue weighted by molar-refractivity contribution is 5.94. The van der Waals surface area contributed by atoms with Crippen molar-refractivity contribution in [2.75, 3.05) is 14.2 Å². The van der Waals surface area contributed by atoms with Gasteiger partial charge >= 0.3 is 5.97 Å². The van der Waals surface area contributed by atoms with E-state index < -0.39 is 12.0 Å². The van der Waals surface area contributed by atoms with Gasteiger partial charge in [-0.3, -0.25) is 4.79 Å². The SMILES string of the molecule is COc1ccc(/C=C/C(=O)N[C@@H](C)C(=O)OCc2cc(C)ccc2OC)cc1. The summed E-state index contributed by atoms with van der Waals surface area (Å²) >= 11 is 0. The standard InChI is InChI=1S/C22H25NO5/c1-15-5-11-20(27-4)18(13-15)14-28-22(25)16(2)23-21(24)12-8-17-6-9-19(26-3)10-7-17/h5-13,16H,14H2,1-4H3,(H,23,24)/b12-8+/t16-/m0/s1. The Kier molecular flexibility index (Phi) is 7.63. The van der Waals surface area contributed by atoms with Crippen molar-refractivity contribution in [3.05, 3.63) is 65.2 Å². The van der Waals surface area contributed by atoms with E-state index in [-0.39, 0.29) is 12.5 Å². The summed E-state index contributed by atoms with van der Waals surface area (Å²) in [7, 11) is 3.15. The first-order valence-electron chi connectivity index (χ1n) is 8.85. The number of esters is 1. The Bertz CT molecular complexity index is 843. The van der Waals surface area contributed by atoms with Crippen molar-refractivity contribution >= 4 is 18.0 Å². The molecule has 1 amide bonds. The Labute approximate surface area is 165 Å². The first kappa shape index (κ1) is 21.0. The summed E-state index contributed by atoms with van der Waals surface area (Å²) < 4.78 is 15.7. The largest absolute Gasteiger partial charge is 0.497 e. The van der Waals surface area contributed by atoms with E-state index in [0.717, 1.165) is 22.4 Å². The lowest BCUT2D eigenvalue weighted by Crippen LogP contribution is -2.38. The van der Waals surface area contributed by atoms with Gasteiger partial charge in [0.15, 0.2) is 0 Å². The average molecular weight is 383 g/mol. The topological polar surface area (TPSA) is 73.9 Å². The molecule has 1 atom stereocenters. The third-order valence-electron chi connectivity index (χ3n) is 4.06. The van der Waals surface area contributed by atoms with Crippen LogP contribution >= 0.6 is 0 Å². The van der Waals surface area contributed by atoms with Crippen molar-refractivity contribution in [3.63, 3.8) is 0 Å².